The van der Waals surface area contributed by atoms with E-state index in [-0.39, 0.29) is 34.7 Å². The highest BCUT2D eigenvalue weighted by atomic mass is 31.0. The molecule has 0 heterocycles. The van der Waals surface area contributed by atoms with Gasteiger partial charge in [-0.3, -0.25) is 4.79 Å². The number of methoxy groups -OCH3 is 1. The van der Waals surface area contributed by atoms with Crippen molar-refractivity contribution >= 4 is 15.2 Å². The van der Waals surface area contributed by atoms with E-state index >= 15 is 0 Å². The van der Waals surface area contributed by atoms with Crippen LogP contribution in [0.25, 0.3) is 0 Å². The fourth-order valence-corrected chi connectivity index (χ4v) is 3.26. The van der Waals surface area contributed by atoms with Gasteiger partial charge in [-0.05, 0) is 30.1 Å². The topological polar surface area (TPSA) is 44.8 Å². The molecule has 0 spiro atoms. The van der Waals surface area contributed by atoms with Crippen molar-refractivity contribution in [1.29, 1.82) is 0 Å². The first-order valence-corrected chi connectivity index (χ1v) is 10.7. The van der Waals surface area contributed by atoms with E-state index < -0.39 is 6.29 Å². The maximum Gasteiger partial charge on any atom is 0.315 e. The fourth-order valence-electron chi connectivity index (χ4n) is 3.18. The lowest BCUT2D eigenvalue weighted by Crippen LogP contribution is -2.40. The van der Waals surface area contributed by atoms with Gasteiger partial charge in [0.15, 0.2) is 0 Å². The molecule has 0 saturated carbocycles. The molecule has 0 aromatic carbocycles. The molecule has 5 atom stereocenters. The van der Waals surface area contributed by atoms with Gasteiger partial charge in [-0.1, -0.05) is 61.8 Å². The SMILES string of the molecule is CCCC(CC)OC(CC(C)(C)C(CC)OC)OC(=O)C(P)C(C)(C)C. The fraction of sp³-hybridized carbons (Fsp3) is 0.952. The van der Waals surface area contributed by atoms with Gasteiger partial charge < -0.3 is 14.2 Å². The summed E-state index contributed by atoms with van der Waals surface area (Å²) in [5.41, 5.74) is -0.599. The van der Waals surface area contributed by atoms with Gasteiger partial charge in [0.25, 0.3) is 0 Å². The summed E-state index contributed by atoms with van der Waals surface area (Å²) in [6.45, 7) is 16.8. The number of carbonyl (C=O) groups is 1. The van der Waals surface area contributed by atoms with E-state index in [9.17, 15) is 4.79 Å². The van der Waals surface area contributed by atoms with E-state index in [1.807, 2.05) is 20.8 Å². The Balaban J connectivity index is 5.31. The van der Waals surface area contributed by atoms with Crippen molar-refractivity contribution in [2.45, 2.75) is 112 Å². The molecule has 0 aromatic heterocycles. The summed E-state index contributed by atoms with van der Waals surface area (Å²) in [5, 5.41) is 0. The first-order valence-electron chi connectivity index (χ1n) is 10.1. The van der Waals surface area contributed by atoms with Crippen LogP contribution in [0.15, 0.2) is 0 Å². The Bertz CT molecular complexity index is 399. The number of carbonyl (C=O) groups excluding carboxylic acids is 1. The van der Waals surface area contributed by atoms with E-state index in [0.717, 1.165) is 25.7 Å². The summed E-state index contributed by atoms with van der Waals surface area (Å²) in [6, 6.07) is 0. The molecule has 0 saturated heterocycles. The molecule has 0 aliphatic carbocycles. The van der Waals surface area contributed by atoms with Crippen molar-refractivity contribution in [2.24, 2.45) is 10.8 Å². The maximum absolute atomic E-state index is 12.7. The molecule has 4 nitrogen and oxygen atoms in total. The minimum Gasteiger partial charge on any atom is -0.435 e. The van der Waals surface area contributed by atoms with Crippen molar-refractivity contribution in [3.63, 3.8) is 0 Å². The van der Waals surface area contributed by atoms with Gasteiger partial charge in [0.1, 0.15) is 0 Å². The third-order valence-electron chi connectivity index (χ3n) is 5.06. The van der Waals surface area contributed by atoms with Crippen molar-refractivity contribution in [3.05, 3.63) is 0 Å². The van der Waals surface area contributed by atoms with Gasteiger partial charge in [0, 0.05) is 13.5 Å². The predicted octanol–water partition coefficient (Wildman–Crippen LogP) is 5.58. The van der Waals surface area contributed by atoms with Crippen molar-refractivity contribution in [3.8, 4) is 0 Å². The molecule has 0 fully saturated rings. The van der Waals surface area contributed by atoms with Gasteiger partial charge in [0.05, 0.1) is 17.9 Å². The summed E-state index contributed by atoms with van der Waals surface area (Å²) < 4.78 is 17.7. The van der Waals surface area contributed by atoms with Gasteiger partial charge in [-0.2, -0.15) is 0 Å². The third-order valence-corrected chi connectivity index (χ3v) is 6.34. The van der Waals surface area contributed by atoms with Gasteiger partial charge in [0.2, 0.25) is 6.29 Å². The Morgan fingerprint density at radius 3 is 2.00 bits per heavy atom. The Morgan fingerprint density at radius 2 is 1.62 bits per heavy atom. The smallest absolute Gasteiger partial charge is 0.315 e. The highest BCUT2D eigenvalue weighted by Gasteiger charge is 2.36. The standard InChI is InChI=1S/C21H43O4P/c1-10-13-15(11-2)24-17(14-21(7,8)16(12-3)23-9)25-19(22)18(26)20(4,5)6/h15-18H,10-14,26H2,1-9H3. The summed E-state index contributed by atoms with van der Waals surface area (Å²) >= 11 is 0. The predicted molar refractivity (Wildman–Crippen MR) is 112 cm³/mol. The zero-order valence-electron chi connectivity index (χ0n) is 18.6. The minimum absolute atomic E-state index is 0.0907. The molecular weight excluding hydrogens is 347 g/mol. The second kappa shape index (κ2) is 11.6. The molecule has 0 N–H and O–H groups in total. The van der Waals surface area contributed by atoms with Gasteiger partial charge >= 0.3 is 5.97 Å². The molecule has 26 heavy (non-hydrogen) atoms. The minimum atomic E-state index is -0.552. The zero-order valence-corrected chi connectivity index (χ0v) is 19.7. The van der Waals surface area contributed by atoms with Gasteiger partial charge in [-0.15, -0.1) is 9.24 Å². The average molecular weight is 391 g/mol. The molecule has 0 aliphatic heterocycles. The lowest BCUT2D eigenvalue weighted by Gasteiger charge is -2.37. The van der Waals surface area contributed by atoms with Crippen LogP contribution in [-0.4, -0.2) is 37.2 Å². The van der Waals surface area contributed by atoms with Crippen LogP contribution in [-0.2, 0) is 19.0 Å². The molecule has 5 unspecified atom stereocenters. The number of hydrogen-bond acceptors (Lipinski definition) is 4. The number of rotatable bonds is 12. The van der Waals surface area contributed by atoms with Crippen LogP contribution in [0.1, 0.15) is 87.5 Å². The van der Waals surface area contributed by atoms with Crippen LogP contribution in [0, 0.1) is 10.8 Å². The van der Waals surface area contributed by atoms with Crippen molar-refractivity contribution < 1.29 is 19.0 Å². The molecule has 0 rings (SSSR count). The van der Waals surface area contributed by atoms with Crippen LogP contribution in [0.4, 0.5) is 0 Å². The lowest BCUT2D eigenvalue weighted by molar-refractivity contribution is -0.204. The van der Waals surface area contributed by atoms with Crippen LogP contribution >= 0.6 is 9.24 Å². The Hall–Kier alpha value is -0.180. The zero-order chi connectivity index (χ0) is 20.5. The highest BCUT2D eigenvalue weighted by Crippen LogP contribution is 2.34. The second-order valence-corrected chi connectivity index (χ2v) is 9.66. The van der Waals surface area contributed by atoms with Crippen LogP contribution < -0.4 is 0 Å². The van der Waals surface area contributed by atoms with Crippen molar-refractivity contribution in [1.82, 2.24) is 0 Å². The quantitative estimate of drug-likeness (QED) is 0.248. The molecule has 0 aliphatic rings. The number of hydrogen-bond donors (Lipinski definition) is 0. The normalized spacial score (nSPS) is 17.5. The molecular formula is C21H43O4P. The van der Waals surface area contributed by atoms with Gasteiger partial charge in [-0.25, -0.2) is 0 Å². The molecule has 5 heteroatoms. The maximum atomic E-state index is 12.7. The molecule has 0 radical (unpaired) electrons. The summed E-state index contributed by atoms with van der Waals surface area (Å²) in [6.07, 6.45) is 4.10. The number of ether oxygens (including phenoxy) is 3. The van der Waals surface area contributed by atoms with E-state index in [4.69, 9.17) is 14.2 Å². The van der Waals surface area contributed by atoms with E-state index in [2.05, 4.69) is 43.9 Å². The molecule has 0 amide bonds. The largest absolute Gasteiger partial charge is 0.435 e. The van der Waals surface area contributed by atoms with Crippen LogP contribution in [0.3, 0.4) is 0 Å². The summed E-state index contributed by atoms with van der Waals surface area (Å²) in [7, 11) is 4.36. The summed E-state index contributed by atoms with van der Waals surface area (Å²) in [4.78, 5) is 12.7. The number of esters is 1. The van der Waals surface area contributed by atoms with Crippen molar-refractivity contribution in [2.75, 3.05) is 7.11 Å². The summed E-state index contributed by atoms with van der Waals surface area (Å²) in [5.74, 6) is -0.222. The van der Waals surface area contributed by atoms with Crippen LogP contribution in [0.2, 0.25) is 0 Å². The van der Waals surface area contributed by atoms with E-state index in [1.165, 1.54) is 0 Å². The Morgan fingerprint density at radius 1 is 1.04 bits per heavy atom. The monoisotopic (exact) mass is 390 g/mol. The molecule has 0 bridgehead atoms. The Kier molecular flexibility index (Phi) is 11.5. The molecule has 0 aromatic rings. The Labute approximate surface area is 164 Å². The highest BCUT2D eigenvalue weighted by molar-refractivity contribution is 7.19. The van der Waals surface area contributed by atoms with E-state index in [1.54, 1.807) is 7.11 Å². The van der Waals surface area contributed by atoms with Crippen LogP contribution in [0.5, 0.6) is 0 Å². The first kappa shape index (κ1) is 25.8. The second-order valence-electron chi connectivity index (χ2n) is 8.99. The third kappa shape index (κ3) is 8.67. The van der Waals surface area contributed by atoms with E-state index in [0.29, 0.717) is 6.42 Å². The molecule has 156 valence electrons. The lowest BCUT2D eigenvalue weighted by atomic mass is 9.81. The average Bonchev–Trinajstić information content (AvgIpc) is 2.52. The first-order chi connectivity index (χ1) is 11.9.